The number of pyridine rings is 1. The maximum absolute atomic E-state index is 14.4. The molecule has 2 atom stereocenters. The van der Waals surface area contributed by atoms with Crippen molar-refractivity contribution in [3.05, 3.63) is 94.8 Å². The zero-order valence-corrected chi connectivity index (χ0v) is 21.2. The van der Waals surface area contributed by atoms with Crippen molar-refractivity contribution in [1.29, 1.82) is 5.26 Å². The molecular weight excluding hydrogens is 490 g/mol. The van der Waals surface area contributed by atoms with Crippen LogP contribution in [0.1, 0.15) is 37.2 Å². The van der Waals surface area contributed by atoms with Crippen LogP contribution in [0.5, 0.6) is 0 Å². The van der Waals surface area contributed by atoms with E-state index in [1.54, 1.807) is 17.0 Å². The number of nitrogens with zero attached hydrogens (tertiary/aromatic N) is 7. The molecular formula is C29H25N9O. The number of para-hydroxylation sites is 1. The first-order chi connectivity index (χ1) is 19.0. The summed E-state index contributed by atoms with van der Waals surface area (Å²) in [6, 6.07) is 20.6. The molecule has 0 radical (unpaired) electrons. The highest BCUT2D eigenvalue weighted by atomic mass is 16.1. The molecule has 1 fully saturated rings. The average Bonchev–Trinajstić information content (AvgIpc) is 3.34. The van der Waals surface area contributed by atoms with Gasteiger partial charge in [-0.2, -0.15) is 15.2 Å². The van der Waals surface area contributed by atoms with E-state index in [1.807, 2.05) is 72.5 Å². The van der Waals surface area contributed by atoms with E-state index in [1.165, 1.54) is 0 Å². The highest BCUT2D eigenvalue weighted by molar-refractivity contribution is 5.94. The summed E-state index contributed by atoms with van der Waals surface area (Å²) >= 11 is 0. The summed E-state index contributed by atoms with van der Waals surface area (Å²) in [5.74, 6) is 0.889. The molecule has 2 aromatic carbocycles. The summed E-state index contributed by atoms with van der Waals surface area (Å²) in [5, 5.41) is 10.4. The summed E-state index contributed by atoms with van der Waals surface area (Å²) in [6.07, 6.45) is 4.91. The second-order valence-corrected chi connectivity index (χ2v) is 9.51. The van der Waals surface area contributed by atoms with Crippen molar-refractivity contribution in [2.45, 2.75) is 31.8 Å². The standard InChI is InChI=1S/C29H25N9O/c1-17-12-13-23(37(17)26-21(15-30)25(31)35-29(32)36-26)27-34-22-11-5-10-20(18-7-6-14-33-16-18)24(22)28(39)38(27)19-8-3-2-4-9-19/h2-11,14,16-17,23H,12-13H2,1H3,(H4,31,32,35,36)/t17-,23-/m0/s1. The lowest BCUT2D eigenvalue weighted by atomic mass is 10.0. The fourth-order valence-electron chi connectivity index (χ4n) is 5.43. The molecule has 1 saturated heterocycles. The molecule has 0 saturated carbocycles. The lowest BCUT2D eigenvalue weighted by molar-refractivity contribution is 0.615. The van der Waals surface area contributed by atoms with Crippen LogP contribution in [-0.4, -0.2) is 30.5 Å². The summed E-state index contributed by atoms with van der Waals surface area (Å²) in [4.78, 5) is 34.2. The number of hydrogen-bond acceptors (Lipinski definition) is 9. The number of rotatable bonds is 4. The van der Waals surface area contributed by atoms with Gasteiger partial charge in [-0.3, -0.25) is 14.3 Å². The maximum atomic E-state index is 14.4. The molecule has 10 nitrogen and oxygen atoms in total. The predicted octanol–water partition coefficient (Wildman–Crippen LogP) is 4.00. The highest BCUT2D eigenvalue weighted by Gasteiger charge is 2.38. The van der Waals surface area contributed by atoms with Gasteiger partial charge in [0.2, 0.25) is 5.95 Å². The Hall–Kier alpha value is -5.30. The van der Waals surface area contributed by atoms with E-state index >= 15 is 0 Å². The Morgan fingerprint density at radius 3 is 2.54 bits per heavy atom. The summed E-state index contributed by atoms with van der Waals surface area (Å²) < 4.78 is 1.66. The van der Waals surface area contributed by atoms with Gasteiger partial charge in [0.05, 0.1) is 22.6 Å². The second kappa shape index (κ2) is 9.54. The SMILES string of the molecule is C[C@H]1CC[C@@H](c2nc3cccc(-c4cccnc4)c3c(=O)n2-c2ccccc2)N1c1nc(N)nc(N)c1C#N. The minimum atomic E-state index is -0.375. The van der Waals surface area contributed by atoms with Crippen LogP contribution in [0.3, 0.4) is 0 Å². The van der Waals surface area contributed by atoms with Crippen molar-refractivity contribution in [1.82, 2.24) is 24.5 Å². The number of anilines is 3. The largest absolute Gasteiger partial charge is 0.382 e. The molecule has 4 N–H and O–H groups in total. The lowest BCUT2D eigenvalue weighted by Gasteiger charge is -2.31. The molecule has 1 aliphatic heterocycles. The van der Waals surface area contributed by atoms with Gasteiger partial charge in [-0.15, -0.1) is 0 Å². The molecule has 0 bridgehead atoms. The van der Waals surface area contributed by atoms with Crippen molar-refractivity contribution >= 4 is 28.5 Å². The highest BCUT2D eigenvalue weighted by Crippen LogP contribution is 2.41. The van der Waals surface area contributed by atoms with E-state index in [0.29, 0.717) is 34.7 Å². The number of hydrogen-bond donors (Lipinski definition) is 2. The van der Waals surface area contributed by atoms with Gasteiger partial charge in [-0.05, 0) is 49.6 Å². The number of fused-ring (bicyclic) bond motifs is 1. The van der Waals surface area contributed by atoms with E-state index in [4.69, 9.17) is 16.5 Å². The summed E-state index contributed by atoms with van der Waals surface area (Å²) in [5.41, 5.74) is 14.8. The van der Waals surface area contributed by atoms with E-state index in [-0.39, 0.29) is 35.0 Å². The molecule has 3 aromatic heterocycles. The molecule has 1 aliphatic rings. The van der Waals surface area contributed by atoms with E-state index in [2.05, 4.69) is 21.0 Å². The average molecular weight is 516 g/mol. The van der Waals surface area contributed by atoms with E-state index in [0.717, 1.165) is 17.5 Å². The molecule has 6 rings (SSSR count). The van der Waals surface area contributed by atoms with E-state index in [9.17, 15) is 10.1 Å². The molecule has 0 aliphatic carbocycles. The van der Waals surface area contributed by atoms with Crippen molar-refractivity contribution < 1.29 is 0 Å². The Kier molecular flexibility index (Phi) is 5.88. The Bertz CT molecular complexity index is 1800. The first-order valence-corrected chi connectivity index (χ1v) is 12.6. The monoisotopic (exact) mass is 515 g/mol. The summed E-state index contributed by atoms with van der Waals surface area (Å²) in [7, 11) is 0. The summed E-state index contributed by atoms with van der Waals surface area (Å²) in [6.45, 7) is 2.04. The number of nitrogen functional groups attached to an aromatic ring is 2. The number of nitrogens with two attached hydrogens (primary N) is 2. The van der Waals surface area contributed by atoms with Crippen LogP contribution in [0.15, 0.2) is 77.9 Å². The minimum absolute atomic E-state index is 0.0191. The third kappa shape index (κ3) is 4.01. The van der Waals surface area contributed by atoms with Gasteiger partial charge in [-0.1, -0.05) is 36.4 Å². The molecule has 0 amide bonds. The lowest BCUT2D eigenvalue weighted by Crippen LogP contribution is -2.36. The Morgan fingerprint density at radius 2 is 1.79 bits per heavy atom. The van der Waals surface area contributed by atoms with Crippen molar-refractivity contribution in [2.24, 2.45) is 0 Å². The quantitative estimate of drug-likeness (QED) is 0.361. The van der Waals surface area contributed by atoms with Gasteiger partial charge in [0.1, 0.15) is 23.3 Å². The van der Waals surface area contributed by atoms with Crippen LogP contribution >= 0.6 is 0 Å². The molecule has 10 heteroatoms. The number of nitriles is 1. The topological polar surface area (TPSA) is 153 Å². The van der Waals surface area contributed by atoms with Crippen LogP contribution in [0.4, 0.5) is 17.6 Å². The van der Waals surface area contributed by atoms with Crippen LogP contribution in [0.2, 0.25) is 0 Å². The Labute approximate surface area is 224 Å². The molecule has 39 heavy (non-hydrogen) atoms. The van der Waals surface area contributed by atoms with E-state index < -0.39 is 0 Å². The Morgan fingerprint density at radius 1 is 0.974 bits per heavy atom. The first kappa shape index (κ1) is 24.1. The van der Waals surface area contributed by atoms with Crippen molar-refractivity contribution in [2.75, 3.05) is 16.4 Å². The fraction of sp³-hybridized carbons (Fsp3) is 0.172. The smallest absolute Gasteiger partial charge is 0.266 e. The van der Waals surface area contributed by atoms with Crippen LogP contribution in [-0.2, 0) is 0 Å². The maximum Gasteiger partial charge on any atom is 0.266 e. The normalized spacial score (nSPS) is 16.9. The molecule has 192 valence electrons. The first-order valence-electron chi connectivity index (χ1n) is 12.6. The Balaban J connectivity index is 1.65. The van der Waals surface area contributed by atoms with Crippen LogP contribution in [0, 0.1) is 11.3 Å². The van der Waals surface area contributed by atoms with Crippen molar-refractivity contribution in [3.63, 3.8) is 0 Å². The molecule has 0 spiro atoms. The van der Waals surface area contributed by atoms with Gasteiger partial charge in [0, 0.05) is 24.0 Å². The molecule has 5 aromatic rings. The van der Waals surface area contributed by atoms with Crippen LogP contribution < -0.4 is 21.9 Å². The van der Waals surface area contributed by atoms with Gasteiger partial charge < -0.3 is 16.4 Å². The van der Waals surface area contributed by atoms with Gasteiger partial charge >= 0.3 is 0 Å². The fourth-order valence-corrected chi connectivity index (χ4v) is 5.43. The minimum Gasteiger partial charge on any atom is -0.382 e. The third-order valence-electron chi connectivity index (χ3n) is 7.17. The zero-order valence-electron chi connectivity index (χ0n) is 21.2. The van der Waals surface area contributed by atoms with Gasteiger partial charge in [0.25, 0.3) is 5.56 Å². The number of aromatic nitrogens is 5. The second-order valence-electron chi connectivity index (χ2n) is 9.51. The predicted molar refractivity (Wildman–Crippen MR) is 150 cm³/mol. The zero-order chi connectivity index (χ0) is 27.1. The van der Waals surface area contributed by atoms with Crippen molar-refractivity contribution in [3.8, 4) is 22.9 Å². The molecule has 4 heterocycles. The third-order valence-corrected chi connectivity index (χ3v) is 7.17. The van der Waals surface area contributed by atoms with Gasteiger partial charge in [0.15, 0.2) is 5.82 Å². The molecule has 0 unspecified atom stereocenters. The number of benzene rings is 2. The van der Waals surface area contributed by atoms with Gasteiger partial charge in [-0.25, -0.2) is 4.98 Å². The van der Waals surface area contributed by atoms with Crippen LogP contribution in [0.25, 0.3) is 27.7 Å².